The zero-order chi connectivity index (χ0) is 16.2. The van der Waals surface area contributed by atoms with Gasteiger partial charge in [0.05, 0.1) is 6.20 Å². The van der Waals surface area contributed by atoms with Gasteiger partial charge < -0.3 is 9.67 Å². The molecule has 0 fully saturated rings. The maximum absolute atomic E-state index is 11.8. The minimum atomic E-state index is -0.295. The maximum Gasteiger partial charge on any atom is 0.223 e. The molecular weight excluding hydrogens is 264 g/mol. The van der Waals surface area contributed by atoms with Gasteiger partial charge in [0.2, 0.25) is 5.43 Å². The molecule has 1 heterocycles. The Labute approximate surface area is 128 Å². The summed E-state index contributed by atoms with van der Waals surface area (Å²) in [5.74, 6) is 0.992. The largest absolute Gasteiger partial charge is 0.503 e. The Morgan fingerprint density at radius 2 is 1.62 bits per heavy atom. The first kappa shape index (κ1) is 17.8. The second-order valence-electron chi connectivity index (χ2n) is 7.00. The van der Waals surface area contributed by atoms with Crippen LogP contribution < -0.4 is 5.43 Å². The highest BCUT2D eigenvalue weighted by Crippen LogP contribution is 2.16. The van der Waals surface area contributed by atoms with E-state index in [1.807, 2.05) is 4.57 Å². The number of hydrogen-bond donors (Lipinski definition) is 1. The monoisotopic (exact) mass is 294 g/mol. The summed E-state index contributed by atoms with van der Waals surface area (Å²) in [6.07, 6.45) is 1.56. The van der Waals surface area contributed by atoms with Crippen LogP contribution in [0.3, 0.4) is 0 Å². The lowest BCUT2D eigenvalue weighted by molar-refractivity contribution is 0.205. The Balaban J connectivity index is 3.06. The van der Waals surface area contributed by atoms with E-state index in [0.717, 1.165) is 25.3 Å². The number of hydrogen-bond acceptors (Lipinski definition) is 3. The molecule has 120 valence electrons. The molecule has 0 bridgehead atoms. The second kappa shape index (κ2) is 7.64. The van der Waals surface area contributed by atoms with Crippen LogP contribution in [0.4, 0.5) is 0 Å². The summed E-state index contributed by atoms with van der Waals surface area (Å²) in [4.78, 5) is 14.1. The zero-order valence-electron chi connectivity index (χ0n) is 14.3. The van der Waals surface area contributed by atoms with Crippen molar-refractivity contribution in [2.24, 2.45) is 11.8 Å². The second-order valence-corrected chi connectivity index (χ2v) is 7.00. The summed E-state index contributed by atoms with van der Waals surface area (Å²) in [5, 5.41) is 9.65. The van der Waals surface area contributed by atoms with Crippen LogP contribution in [-0.2, 0) is 6.54 Å². The van der Waals surface area contributed by atoms with E-state index in [9.17, 15) is 9.90 Å². The van der Waals surface area contributed by atoms with Gasteiger partial charge in [-0.15, -0.1) is 0 Å². The topological polar surface area (TPSA) is 45.5 Å². The molecule has 0 radical (unpaired) electrons. The molecule has 4 nitrogen and oxygen atoms in total. The number of rotatable bonds is 7. The molecule has 0 aliphatic rings. The van der Waals surface area contributed by atoms with Crippen LogP contribution in [0.5, 0.6) is 5.75 Å². The van der Waals surface area contributed by atoms with Crippen molar-refractivity contribution in [3.8, 4) is 5.75 Å². The molecule has 0 amide bonds. The van der Waals surface area contributed by atoms with Crippen molar-refractivity contribution in [2.45, 2.75) is 54.1 Å². The molecule has 0 aliphatic carbocycles. The van der Waals surface area contributed by atoms with E-state index < -0.39 is 0 Å². The number of aromatic hydroxyl groups is 1. The number of aromatic nitrogens is 1. The predicted molar refractivity (Wildman–Crippen MR) is 87.7 cm³/mol. The van der Waals surface area contributed by atoms with Crippen molar-refractivity contribution >= 4 is 0 Å². The average Bonchev–Trinajstić information content (AvgIpc) is 2.31. The average molecular weight is 294 g/mol. The molecule has 0 atom stereocenters. The molecule has 0 spiro atoms. The van der Waals surface area contributed by atoms with Crippen molar-refractivity contribution in [2.75, 3.05) is 13.1 Å². The number of pyridine rings is 1. The fraction of sp³-hybridized carbons (Fsp3) is 0.706. The van der Waals surface area contributed by atoms with Crippen molar-refractivity contribution in [3.05, 3.63) is 28.2 Å². The van der Waals surface area contributed by atoms with Crippen LogP contribution in [0.25, 0.3) is 0 Å². The first-order chi connectivity index (χ1) is 9.70. The van der Waals surface area contributed by atoms with Crippen LogP contribution in [-0.4, -0.2) is 27.7 Å². The predicted octanol–water partition coefficient (Wildman–Crippen LogP) is 3.25. The van der Waals surface area contributed by atoms with E-state index >= 15 is 0 Å². The molecule has 1 aromatic heterocycles. The lowest BCUT2D eigenvalue weighted by Gasteiger charge is -2.28. The van der Waals surface area contributed by atoms with Gasteiger partial charge in [-0.3, -0.25) is 9.69 Å². The smallest absolute Gasteiger partial charge is 0.223 e. The third-order valence-corrected chi connectivity index (χ3v) is 3.33. The minimum Gasteiger partial charge on any atom is -0.503 e. The van der Waals surface area contributed by atoms with Gasteiger partial charge in [0.25, 0.3) is 0 Å². The summed E-state index contributed by atoms with van der Waals surface area (Å²) in [6, 6.07) is 1.79. The molecule has 0 saturated carbocycles. The molecule has 0 saturated heterocycles. The highest BCUT2D eigenvalue weighted by molar-refractivity contribution is 5.21. The molecule has 4 heteroatoms. The fourth-order valence-electron chi connectivity index (χ4n) is 2.65. The quantitative estimate of drug-likeness (QED) is 0.839. The molecular formula is C17H30N2O2. The van der Waals surface area contributed by atoms with Gasteiger partial charge >= 0.3 is 0 Å². The summed E-state index contributed by atoms with van der Waals surface area (Å²) < 4.78 is 1.99. The SMILES string of the molecule is CC(C)CN(Cc1cc(=O)c(O)cn1C(C)C)CC(C)C. The fourth-order valence-corrected chi connectivity index (χ4v) is 2.65. The van der Waals surface area contributed by atoms with E-state index in [-0.39, 0.29) is 17.2 Å². The normalized spacial score (nSPS) is 12.1. The van der Waals surface area contributed by atoms with Gasteiger partial charge in [0.15, 0.2) is 5.75 Å². The van der Waals surface area contributed by atoms with Crippen molar-refractivity contribution in [3.63, 3.8) is 0 Å². The Morgan fingerprint density at radius 3 is 2.05 bits per heavy atom. The molecule has 1 N–H and O–H groups in total. The lowest BCUT2D eigenvalue weighted by Crippen LogP contribution is -2.32. The molecule has 0 unspecified atom stereocenters. The summed E-state index contributed by atoms with van der Waals surface area (Å²) in [7, 11) is 0. The van der Waals surface area contributed by atoms with Gasteiger partial charge in [-0.2, -0.15) is 0 Å². The Morgan fingerprint density at radius 1 is 1.10 bits per heavy atom. The zero-order valence-corrected chi connectivity index (χ0v) is 14.3. The van der Waals surface area contributed by atoms with E-state index in [4.69, 9.17) is 0 Å². The van der Waals surface area contributed by atoms with Crippen LogP contribution in [0.15, 0.2) is 17.1 Å². The van der Waals surface area contributed by atoms with E-state index in [1.54, 1.807) is 12.3 Å². The van der Waals surface area contributed by atoms with E-state index in [1.165, 1.54) is 0 Å². The first-order valence-electron chi connectivity index (χ1n) is 7.87. The Bertz CT molecular complexity index is 494. The van der Waals surface area contributed by atoms with Crippen LogP contribution >= 0.6 is 0 Å². The molecule has 0 aliphatic heterocycles. The molecule has 1 aromatic rings. The van der Waals surface area contributed by atoms with Gasteiger partial charge in [-0.1, -0.05) is 27.7 Å². The standard InChI is InChI=1S/C17H30N2O2/c1-12(2)8-18(9-13(3)4)10-15-7-16(20)17(21)11-19(15)14(5)6/h7,11-14,21H,8-10H2,1-6H3. The van der Waals surface area contributed by atoms with Crippen LogP contribution in [0.1, 0.15) is 53.3 Å². The Kier molecular flexibility index (Phi) is 6.46. The van der Waals surface area contributed by atoms with E-state index in [2.05, 4.69) is 46.4 Å². The first-order valence-corrected chi connectivity index (χ1v) is 7.87. The summed E-state index contributed by atoms with van der Waals surface area (Å²) in [6.45, 7) is 15.7. The van der Waals surface area contributed by atoms with Crippen molar-refractivity contribution in [1.29, 1.82) is 0 Å². The van der Waals surface area contributed by atoms with Gasteiger partial charge in [0.1, 0.15) is 0 Å². The van der Waals surface area contributed by atoms with Crippen molar-refractivity contribution in [1.82, 2.24) is 9.47 Å². The highest BCUT2D eigenvalue weighted by atomic mass is 16.3. The molecule has 21 heavy (non-hydrogen) atoms. The van der Waals surface area contributed by atoms with Gasteiger partial charge in [0, 0.05) is 37.4 Å². The van der Waals surface area contributed by atoms with E-state index in [0.29, 0.717) is 11.8 Å². The third kappa shape index (κ3) is 5.54. The maximum atomic E-state index is 11.8. The molecule has 0 aromatic carbocycles. The van der Waals surface area contributed by atoms with Crippen molar-refractivity contribution < 1.29 is 5.11 Å². The van der Waals surface area contributed by atoms with Crippen LogP contribution in [0.2, 0.25) is 0 Å². The Hall–Kier alpha value is -1.29. The third-order valence-electron chi connectivity index (χ3n) is 3.33. The highest BCUT2D eigenvalue weighted by Gasteiger charge is 2.14. The van der Waals surface area contributed by atoms with Gasteiger partial charge in [-0.25, -0.2) is 0 Å². The number of nitrogens with zero attached hydrogens (tertiary/aromatic N) is 2. The van der Waals surface area contributed by atoms with Gasteiger partial charge in [-0.05, 0) is 25.7 Å². The summed E-state index contributed by atoms with van der Waals surface area (Å²) >= 11 is 0. The van der Waals surface area contributed by atoms with Crippen LogP contribution in [0, 0.1) is 11.8 Å². The lowest BCUT2D eigenvalue weighted by atomic mass is 10.1. The molecule has 1 rings (SSSR count). The minimum absolute atomic E-state index is 0.174. The summed E-state index contributed by atoms with van der Waals surface area (Å²) in [5.41, 5.74) is 0.671.